The summed E-state index contributed by atoms with van der Waals surface area (Å²) >= 11 is 5.91. The summed E-state index contributed by atoms with van der Waals surface area (Å²) in [5.74, 6) is 1.23. The SMILES string of the molecule is COc1ccc(S(=O)(=O)N2CCN(c3ccc(Cl)c(C#N)n3)CC2)cc1. The van der Waals surface area contributed by atoms with Gasteiger partial charge >= 0.3 is 0 Å². The molecule has 2 heterocycles. The minimum absolute atomic E-state index is 0.164. The zero-order valence-corrected chi connectivity index (χ0v) is 15.7. The maximum absolute atomic E-state index is 12.8. The van der Waals surface area contributed by atoms with Crippen molar-refractivity contribution in [2.45, 2.75) is 4.90 Å². The average molecular weight is 393 g/mol. The van der Waals surface area contributed by atoms with Gasteiger partial charge in [0.1, 0.15) is 17.6 Å². The molecule has 0 spiro atoms. The summed E-state index contributed by atoms with van der Waals surface area (Å²) in [4.78, 5) is 6.41. The minimum Gasteiger partial charge on any atom is -0.497 e. The first-order valence-corrected chi connectivity index (χ1v) is 9.73. The van der Waals surface area contributed by atoms with Crippen molar-refractivity contribution in [3.63, 3.8) is 0 Å². The Hall–Kier alpha value is -2.34. The molecule has 1 fully saturated rings. The molecule has 0 saturated carbocycles. The highest BCUT2D eigenvalue weighted by molar-refractivity contribution is 7.89. The van der Waals surface area contributed by atoms with E-state index in [0.717, 1.165) is 0 Å². The molecule has 1 saturated heterocycles. The molecular formula is C17H17ClN4O3S. The lowest BCUT2D eigenvalue weighted by molar-refractivity contribution is 0.383. The van der Waals surface area contributed by atoms with E-state index >= 15 is 0 Å². The number of hydrogen-bond acceptors (Lipinski definition) is 6. The van der Waals surface area contributed by atoms with Gasteiger partial charge in [-0.15, -0.1) is 0 Å². The van der Waals surface area contributed by atoms with Gasteiger partial charge in [0.25, 0.3) is 0 Å². The molecule has 0 atom stereocenters. The van der Waals surface area contributed by atoms with Crippen LogP contribution in [-0.2, 0) is 10.0 Å². The fraction of sp³-hybridized carbons (Fsp3) is 0.294. The second kappa shape index (κ2) is 7.50. The number of aromatic nitrogens is 1. The van der Waals surface area contributed by atoms with Crippen LogP contribution in [0.15, 0.2) is 41.3 Å². The predicted octanol–water partition coefficient (Wildman–Crippen LogP) is 2.13. The van der Waals surface area contributed by atoms with Gasteiger partial charge in [-0.05, 0) is 36.4 Å². The summed E-state index contributed by atoms with van der Waals surface area (Å²) in [6.45, 7) is 1.63. The van der Waals surface area contributed by atoms with E-state index in [-0.39, 0.29) is 10.6 Å². The zero-order valence-electron chi connectivity index (χ0n) is 14.1. The Kier molecular flexibility index (Phi) is 5.32. The van der Waals surface area contributed by atoms with E-state index in [1.807, 2.05) is 11.0 Å². The molecule has 2 aromatic rings. The highest BCUT2D eigenvalue weighted by Gasteiger charge is 2.29. The Bertz CT molecular complexity index is 933. The Morgan fingerprint density at radius 3 is 2.35 bits per heavy atom. The lowest BCUT2D eigenvalue weighted by Crippen LogP contribution is -2.48. The Labute approximate surface area is 157 Å². The summed E-state index contributed by atoms with van der Waals surface area (Å²) < 4.78 is 32.0. The number of nitriles is 1. The number of ether oxygens (including phenoxy) is 1. The van der Waals surface area contributed by atoms with Gasteiger partial charge in [0, 0.05) is 26.2 Å². The molecule has 1 aromatic heterocycles. The van der Waals surface area contributed by atoms with Gasteiger partial charge in [0.05, 0.1) is 17.0 Å². The van der Waals surface area contributed by atoms with Crippen molar-refractivity contribution >= 4 is 27.4 Å². The van der Waals surface area contributed by atoms with Gasteiger partial charge in [-0.25, -0.2) is 13.4 Å². The number of anilines is 1. The monoisotopic (exact) mass is 392 g/mol. The quantitative estimate of drug-likeness (QED) is 0.792. The van der Waals surface area contributed by atoms with Gasteiger partial charge in [0.2, 0.25) is 10.0 Å². The van der Waals surface area contributed by atoms with E-state index in [2.05, 4.69) is 4.98 Å². The van der Waals surface area contributed by atoms with Crippen LogP contribution in [0, 0.1) is 11.3 Å². The normalized spacial score (nSPS) is 15.5. The molecular weight excluding hydrogens is 376 g/mol. The molecule has 0 unspecified atom stereocenters. The first-order chi connectivity index (χ1) is 12.5. The zero-order chi connectivity index (χ0) is 18.7. The van der Waals surface area contributed by atoms with Crippen LogP contribution >= 0.6 is 11.6 Å². The molecule has 1 aliphatic rings. The van der Waals surface area contributed by atoms with E-state index in [0.29, 0.717) is 42.8 Å². The van der Waals surface area contributed by atoms with Gasteiger partial charge in [0.15, 0.2) is 5.69 Å². The first kappa shape index (κ1) is 18.5. The standard InChI is InChI=1S/C17H17ClN4O3S/c1-25-13-2-4-14(5-3-13)26(23,24)22-10-8-21(9-11-22)17-7-6-15(18)16(12-19)20-17/h2-7H,8-11H2,1H3. The van der Waals surface area contributed by atoms with Crippen molar-refractivity contribution in [1.29, 1.82) is 5.26 Å². The van der Waals surface area contributed by atoms with E-state index in [9.17, 15) is 8.42 Å². The Balaban J connectivity index is 1.72. The van der Waals surface area contributed by atoms with Gasteiger partial charge in [-0.3, -0.25) is 0 Å². The Morgan fingerprint density at radius 2 is 1.77 bits per heavy atom. The van der Waals surface area contributed by atoms with Crippen LogP contribution in [-0.4, -0.2) is 51.0 Å². The maximum atomic E-state index is 12.8. The maximum Gasteiger partial charge on any atom is 0.243 e. The fourth-order valence-electron chi connectivity index (χ4n) is 2.74. The fourth-order valence-corrected chi connectivity index (χ4v) is 4.31. The molecule has 26 heavy (non-hydrogen) atoms. The van der Waals surface area contributed by atoms with Crippen LogP contribution in [0.4, 0.5) is 5.82 Å². The summed E-state index contributed by atoms with van der Waals surface area (Å²) in [5, 5.41) is 9.34. The molecule has 0 bridgehead atoms. The number of benzene rings is 1. The number of hydrogen-bond donors (Lipinski definition) is 0. The largest absolute Gasteiger partial charge is 0.497 e. The van der Waals surface area contributed by atoms with E-state index in [4.69, 9.17) is 21.6 Å². The number of halogens is 1. The first-order valence-electron chi connectivity index (χ1n) is 7.91. The third kappa shape index (κ3) is 3.60. The number of nitrogens with zero attached hydrogens (tertiary/aromatic N) is 4. The minimum atomic E-state index is -3.55. The molecule has 1 aliphatic heterocycles. The van der Waals surface area contributed by atoms with Crippen LogP contribution in [0.3, 0.4) is 0 Å². The molecule has 0 radical (unpaired) electrons. The summed E-state index contributed by atoms with van der Waals surface area (Å²) in [7, 11) is -2.02. The van der Waals surface area contributed by atoms with E-state index < -0.39 is 10.0 Å². The second-order valence-electron chi connectivity index (χ2n) is 5.68. The highest BCUT2D eigenvalue weighted by atomic mass is 35.5. The lowest BCUT2D eigenvalue weighted by Gasteiger charge is -2.34. The highest BCUT2D eigenvalue weighted by Crippen LogP contribution is 2.23. The molecule has 0 aliphatic carbocycles. The molecule has 9 heteroatoms. The van der Waals surface area contributed by atoms with Crippen molar-refractivity contribution in [2.24, 2.45) is 0 Å². The molecule has 0 N–H and O–H groups in total. The van der Waals surface area contributed by atoms with E-state index in [1.54, 1.807) is 36.4 Å². The number of sulfonamides is 1. The summed E-state index contributed by atoms with van der Waals surface area (Å²) in [5.41, 5.74) is 0.164. The number of methoxy groups -OCH3 is 1. The second-order valence-corrected chi connectivity index (χ2v) is 8.02. The lowest BCUT2D eigenvalue weighted by atomic mass is 10.3. The summed E-state index contributed by atoms with van der Waals surface area (Å²) in [6.07, 6.45) is 0. The van der Waals surface area contributed by atoms with Gasteiger partial charge in [-0.1, -0.05) is 11.6 Å². The molecule has 136 valence electrons. The number of piperazine rings is 1. The van der Waals surface area contributed by atoms with Crippen LogP contribution in [0.5, 0.6) is 5.75 Å². The third-order valence-corrected chi connectivity index (χ3v) is 6.41. The van der Waals surface area contributed by atoms with Gasteiger partial charge in [-0.2, -0.15) is 9.57 Å². The molecule has 3 rings (SSSR count). The van der Waals surface area contributed by atoms with Crippen molar-refractivity contribution < 1.29 is 13.2 Å². The van der Waals surface area contributed by atoms with Crippen molar-refractivity contribution in [2.75, 3.05) is 38.2 Å². The molecule has 7 nitrogen and oxygen atoms in total. The van der Waals surface area contributed by atoms with Crippen LogP contribution < -0.4 is 9.64 Å². The van der Waals surface area contributed by atoms with Crippen molar-refractivity contribution in [3.8, 4) is 11.8 Å². The average Bonchev–Trinajstić information content (AvgIpc) is 2.68. The van der Waals surface area contributed by atoms with Crippen molar-refractivity contribution in [3.05, 3.63) is 47.1 Å². The number of rotatable bonds is 4. The van der Waals surface area contributed by atoms with Crippen LogP contribution in [0.2, 0.25) is 5.02 Å². The van der Waals surface area contributed by atoms with Crippen LogP contribution in [0.1, 0.15) is 5.69 Å². The third-order valence-electron chi connectivity index (χ3n) is 4.20. The van der Waals surface area contributed by atoms with Crippen molar-refractivity contribution in [1.82, 2.24) is 9.29 Å². The smallest absolute Gasteiger partial charge is 0.243 e. The molecule has 1 aromatic carbocycles. The van der Waals surface area contributed by atoms with E-state index in [1.165, 1.54) is 11.4 Å². The summed E-state index contributed by atoms with van der Waals surface area (Å²) in [6, 6.07) is 11.7. The topological polar surface area (TPSA) is 86.5 Å². The van der Waals surface area contributed by atoms with Gasteiger partial charge < -0.3 is 9.64 Å². The predicted molar refractivity (Wildman–Crippen MR) is 97.9 cm³/mol. The Morgan fingerprint density at radius 1 is 1.12 bits per heavy atom. The van der Waals surface area contributed by atoms with Crippen LogP contribution in [0.25, 0.3) is 0 Å². The number of pyridine rings is 1. The molecule has 0 amide bonds.